The van der Waals surface area contributed by atoms with E-state index in [0.717, 1.165) is 30.2 Å². The van der Waals surface area contributed by atoms with Gasteiger partial charge in [-0.15, -0.1) is 11.8 Å². The normalized spacial score (nSPS) is 17.0. The van der Waals surface area contributed by atoms with Crippen LogP contribution in [0.25, 0.3) is 5.57 Å². The van der Waals surface area contributed by atoms with Gasteiger partial charge in [-0.3, -0.25) is 0 Å². The van der Waals surface area contributed by atoms with Crippen molar-refractivity contribution in [2.24, 2.45) is 0 Å². The topological polar surface area (TPSA) is 29.0 Å². The molecule has 0 aromatic carbocycles. The van der Waals surface area contributed by atoms with E-state index in [1.54, 1.807) is 0 Å². The van der Waals surface area contributed by atoms with Crippen molar-refractivity contribution in [1.29, 1.82) is 0 Å². The van der Waals surface area contributed by atoms with Crippen LogP contribution in [0.15, 0.2) is 11.1 Å². The number of alkyl halides is 3. The number of unbranched alkanes of at least 4 members (excludes halogenated alkanes) is 1. The van der Waals surface area contributed by atoms with Gasteiger partial charge in [0, 0.05) is 19.5 Å². The van der Waals surface area contributed by atoms with E-state index in [-0.39, 0.29) is 6.42 Å². The number of nitrogens with zero attached hydrogens (tertiary/aromatic N) is 3. The molecule has 0 saturated heterocycles. The van der Waals surface area contributed by atoms with E-state index in [2.05, 4.69) is 26.8 Å². The summed E-state index contributed by atoms with van der Waals surface area (Å²) < 4.78 is 44.8. The summed E-state index contributed by atoms with van der Waals surface area (Å²) in [6.07, 6.45) is -0.848. The first kappa shape index (κ1) is 16.8. The van der Waals surface area contributed by atoms with Crippen LogP contribution in [0.3, 0.4) is 0 Å². The second kappa shape index (κ2) is 7.60. The molecule has 0 spiro atoms. The average molecular weight is 337 g/mol. The highest BCUT2D eigenvalue weighted by Crippen LogP contribution is 2.30. The van der Waals surface area contributed by atoms with E-state index in [1.165, 1.54) is 29.1 Å². The van der Waals surface area contributed by atoms with Crippen LogP contribution >= 0.6 is 23.5 Å². The molecular formula is C13H18F3N3S2. The van der Waals surface area contributed by atoms with E-state index in [4.69, 9.17) is 0 Å². The van der Waals surface area contributed by atoms with Gasteiger partial charge in [0.15, 0.2) is 0 Å². The number of aromatic nitrogens is 2. The Hall–Kier alpha value is -0.600. The van der Waals surface area contributed by atoms with Crippen molar-refractivity contribution in [3.63, 3.8) is 0 Å². The number of rotatable bonds is 6. The van der Waals surface area contributed by atoms with Gasteiger partial charge in [0.05, 0.1) is 11.7 Å². The Bertz CT molecular complexity index is 485. The van der Waals surface area contributed by atoms with E-state index in [1.807, 2.05) is 0 Å². The predicted octanol–water partition coefficient (Wildman–Crippen LogP) is 4.08. The van der Waals surface area contributed by atoms with Gasteiger partial charge in [-0.1, -0.05) is 6.08 Å². The highest BCUT2D eigenvalue weighted by Gasteiger charge is 2.26. The smallest absolute Gasteiger partial charge is 0.302 e. The molecule has 8 heteroatoms. The highest BCUT2D eigenvalue weighted by molar-refractivity contribution is 7.99. The molecule has 1 aromatic rings. The maximum Gasteiger partial charge on any atom is 0.389 e. The van der Waals surface area contributed by atoms with Gasteiger partial charge >= 0.3 is 6.18 Å². The highest BCUT2D eigenvalue weighted by atomic mass is 32.2. The van der Waals surface area contributed by atoms with Crippen molar-refractivity contribution in [1.82, 2.24) is 13.6 Å². The zero-order valence-electron chi connectivity index (χ0n) is 11.8. The van der Waals surface area contributed by atoms with Crippen LogP contribution in [0.1, 0.15) is 31.4 Å². The Morgan fingerprint density at radius 3 is 2.86 bits per heavy atom. The monoisotopic (exact) mass is 337 g/mol. The molecule has 1 aliphatic heterocycles. The van der Waals surface area contributed by atoms with E-state index < -0.39 is 12.6 Å². The SMILES string of the molecule is CN1CCC=C(c2nsnc2SCCCCC(F)(F)F)C1. The average Bonchev–Trinajstić information content (AvgIpc) is 2.85. The third-order valence-electron chi connectivity index (χ3n) is 3.20. The Balaban J connectivity index is 1.82. The number of hydrogen-bond donors (Lipinski definition) is 0. The maximum absolute atomic E-state index is 12.1. The first-order chi connectivity index (χ1) is 9.96. The molecule has 1 aromatic heterocycles. The third kappa shape index (κ3) is 5.60. The lowest BCUT2D eigenvalue weighted by molar-refractivity contribution is -0.135. The summed E-state index contributed by atoms with van der Waals surface area (Å²) in [6, 6.07) is 0. The van der Waals surface area contributed by atoms with Gasteiger partial charge in [0.25, 0.3) is 0 Å². The standard InChI is InChI=1S/C13H18F3N3S2/c1-19-7-4-5-10(9-19)11-12(18-21-17-11)20-8-3-2-6-13(14,15)16/h5H,2-4,6-9H2,1H3. The molecule has 0 amide bonds. The molecule has 0 fully saturated rings. The van der Waals surface area contributed by atoms with Crippen molar-refractivity contribution in [2.75, 3.05) is 25.9 Å². The second-order valence-corrected chi connectivity index (χ2v) is 6.71. The Labute approximate surface area is 130 Å². The van der Waals surface area contributed by atoms with Crippen molar-refractivity contribution in [2.45, 2.75) is 36.9 Å². The van der Waals surface area contributed by atoms with Gasteiger partial charge in [-0.05, 0) is 37.6 Å². The van der Waals surface area contributed by atoms with Crippen molar-refractivity contribution >= 4 is 29.1 Å². The molecule has 0 saturated carbocycles. The van der Waals surface area contributed by atoms with E-state index in [9.17, 15) is 13.2 Å². The summed E-state index contributed by atoms with van der Waals surface area (Å²) in [7, 11) is 2.07. The Morgan fingerprint density at radius 1 is 1.33 bits per heavy atom. The van der Waals surface area contributed by atoms with Crippen molar-refractivity contribution < 1.29 is 13.2 Å². The van der Waals surface area contributed by atoms with Gasteiger partial charge in [-0.2, -0.15) is 21.9 Å². The van der Waals surface area contributed by atoms with Crippen LogP contribution in [0, 0.1) is 0 Å². The molecule has 1 aliphatic rings. The Morgan fingerprint density at radius 2 is 2.14 bits per heavy atom. The molecule has 0 radical (unpaired) electrons. The van der Waals surface area contributed by atoms with E-state index in [0.29, 0.717) is 12.2 Å². The van der Waals surface area contributed by atoms with Gasteiger partial charge in [0.2, 0.25) is 0 Å². The summed E-state index contributed by atoms with van der Waals surface area (Å²) >= 11 is 2.68. The number of likely N-dealkylation sites (N-methyl/N-ethyl adjacent to an activating group) is 1. The van der Waals surface area contributed by atoms with Crippen LogP contribution in [-0.2, 0) is 0 Å². The summed E-state index contributed by atoms with van der Waals surface area (Å²) in [5.41, 5.74) is 2.09. The molecule has 0 atom stereocenters. The lowest BCUT2D eigenvalue weighted by atomic mass is 10.1. The second-order valence-electron chi connectivity index (χ2n) is 5.09. The van der Waals surface area contributed by atoms with Gasteiger partial charge < -0.3 is 4.90 Å². The minimum atomic E-state index is -4.05. The van der Waals surface area contributed by atoms with Crippen LogP contribution in [0.5, 0.6) is 0 Å². The molecule has 2 rings (SSSR count). The zero-order valence-corrected chi connectivity index (χ0v) is 13.5. The molecule has 118 valence electrons. The summed E-state index contributed by atoms with van der Waals surface area (Å²) in [6.45, 7) is 1.90. The van der Waals surface area contributed by atoms with Crippen LogP contribution in [0.2, 0.25) is 0 Å². The molecule has 0 bridgehead atoms. The van der Waals surface area contributed by atoms with Crippen molar-refractivity contribution in [3.05, 3.63) is 11.8 Å². The first-order valence-electron chi connectivity index (χ1n) is 6.86. The molecule has 2 heterocycles. The summed E-state index contributed by atoms with van der Waals surface area (Å²) in [4.78, 5) is 2.23. The number of hydrogen-bond acceptors (Lipinski definition) is 5. The van der Waals surface area contributed by atoms with E-state index >= 15 is 0 Å². The lowest BCUT2D eigenvalue weighted by Gasteiger charge is -2.22. The van der Waals surface area contributed by atoms with Gasteiger partial charge in [-0.25, -0.2) is 0 Å². The molecule has 21 heavy (non-hydrogen) atoms. The summed E-state index contributed by atoms with van der Waals surface area (Å²) in [5, 5.41) is 0.855. The zero-order chi connectivity index (χ0) is 15.3. The Kier molecular flexibility index (Phi) is 6.07. The fraction of sp³-hybridized carbons (Fsp3) is 0.692. The first-order valence-corrected chi connectivity index (χ1v) is 8.57. The van der Waals surface area contributed by atoms with Crippen LogP contribution < -0.4 is 0 Å². The number of halogens is 3. The largest absolute Gasteiger partial charge is 0.389 e. The minimum Gasteiger partial charge on any atom is -0.302 e. The lowest BCUT2D eigenvalue weighted by Crippen LogP contribution is -2.25. The van der Waals surface area contributed by atoms with Gasteiger partial charge in [0.1, 0.15) is 10.7 Å². The molecule has 3 nitrogen and oxygen atoms in total. The van der Waals surface area contributed by atoms with Crippen LogP contribution in [-0.4, -0.2) is 45.7 Å². The molecule has 0 N–H and O–H groups in total. The fourth-order valence-corrected chi connectivity index (χ4v) is 3.84. The minimum absolute atomic E-state index is 0.175. The molecular weight excluding hydrogens is 319 g/mol. The quantitative estimate of drug-likeness (QED) is 0.578. The number of thioether (sulfide) groups is 1. The summed E-state index contributed by atoms with van der Waals surface area (Å²) in [5.74, 6) is 0.650. The fourth-order valence-electron chi connectivity index (χ4n) is 2.13. The maximum atomic E-state index is 12.1. The van der Waals surface area contributed by atoms with Crippen molar-refractivity contribution in [3.8, 4) is 0 Å². The molecule has 0 unspecified atom stereocenters. The predicted molar refractivity (Wildman–Crippen MR) is 80.6 cm³/mol. The van der Waals surface area contributed by atoms with Crippen LogP contribution in [0.4, 0.5) is 13.2 Å². The third-order valence-corrected chi connectivity index (χ3v) is 4.89. The molecule has 0 aliphatic carbocycles.